The van der Waals surface area contributed by atoms with Crippen LogP contribution in [-0.4, -0.2) is 24.4 Å². The van der Waals surface area contributed by atoms with Crippen molar-refractivity contribution in [2.45, 2.75) is 18.9 Å². The lowest BCUT2D eigenvalue weighted by atomic mass is 10.1. The molecule has 0 bridgehead atoms. The smallest absolute Gasteiger partial charge is 0.262 e. The SMILES string of the molecule is O=C1CCC(NC(=O)c2sccc2Br)CN1. The fourth-order valence-electron chi connectivity index (χ4n) is 1.56. The molecule has 0 aliphatic carbocycles. The fraction of sp³-hybridized carbons (Fsp3) is 0.400. The highest BCUT2D eigenvalue weighted by atomic mass is 79.9. The van der Waals surface area contributed by atoms with E-state index in [1.165, 1.54) is 11.3 Å². The van der Waals surface area contributed by atoms with Gasteiger partial charge in [0, 0.05) is 23.5 Å². The third kappa shape index (κ3) is 2.62. The molecule has 1 aliphatic heterocycles. The van der Waals surface area contributed by atoms with Crippen LogP contribution in [-0.2, 0) is 4.79 Å². The molecule has 1 aromatic heterocycles. The van der Waals surface area contributed by atoms with Gasteiger partial charge in [0.25, 0.3) is 5.91 Å². The number of carbonyl (C=O) groups excluding carboxylic acids is 2. The molecule has 0 radical (unpaired) electrons. The molecule has 6 heteroatoms. The molecule has 4 nitrogen and oxygen atoms in total. The molecular weight excluding hydrogens is 292 g/mol. The Morgan fingerprint density at radius 1 is 1.62 bits per heavy atom. The number of carbonyl (C=O) groups is 2. The Morgan fingerprint density at radius 3 is 3.00 bits per heavy atom. The monoisotopic (exact) mass is 302 g/mol. The first-order valence-electron chi connectivity index (χ1n) is 4.97. The van der Waals surface area contributed by atoms with E-state index in [0.29, 0.717) is 24.3 Å². The van der Waals surface area contributed by atoms with Crippen LogP contribution in [0, 0.1) is 0 Å². The summed E-state index contributed by atoms with van der Waals surface area (Å²) in [5.41, 5.74) is 0. The van der Waals surface area contributed by atoms with Crippen molar-refractivity contribution in [1.29, 1.82) is 0 Å². The fourth-order valence-corrected chi connectivity index (χ4v) is 3.02. The minimum absolute atomic E-state index is 0.0409. The summed E-state index contributed by atoms with van der Waals surface area (Å²) in [6, 6.07) is 1.89. The van der Waals surface area contributed by atoms with Crippen LogP contribution in [0.1, 0.15) is 22.5 Å². The molecule has 2 N–H and O–H groups in total. The first kappa shape index (κ1) is 11.6. The average molecular weight is 303 g/mol. The Labute approximate surface area is 106 Å². The number of rotatable bonds is 2. The van der Waals surface area contributed by atoms with E-state index < -0.39 is 0 Å². The molecule has 1 aromatic rings. The van der Waals surface area contributed by atoms with Gasteiger partial charge in [0.15, 0.2) is 0 Å². The van der Waals surface area contributed by atoms with Gasteiger partial charge in [-0.3, -0.25) is 9.59 Å². The number of nitrogens with one attached hydrogen (secondary N) is 2. The summed E-state index contributed by atoms with van der Waals surface area (Å²) >= 11 is 4.72. The molecule has 0 spiro atoms. The molecule has 2 rings (SSSR count). The Kier molecular flexibility index (Phi) is 3.60. The maximum atomic E-state index is 11.8. The first-order valence-corrected chi connectivity index (χ1v) is 6.64. The van der Waals surface area contributed by atoms with E-state index in [2.05, 4.69) is 26.6 Å². The van der Waals surface area contributed by atoms with Crippen LogP contribution < -0.4 is 10.6 Å². The minimum Gasteiger partial charge on any atom is -0.354 e. The standard InChI is InChI=1S/C10H11BrN2O2S/c11-7-3-4-16-9(7)10(15)13-6-1-2-8(14)12-5-6/h3-4,6H,1-2,5H2,(H,12,14)(H,13,15). The van der Waals surface area contributed by atoms with Crippen LogP contribution in [0.25, 0.3) is 0 Å². The van der Waals surface area contributed by atoms with Gasteiger partial charge in [-0.15, -0.1) is 11.3 Å². The van der Waals surface area contributed by atoms with E-state index in [0.717, 1.165) is 4.47 Å². The topological polar surface area (TPSA) is 58.2 Å². The molecule has 86 valence electrons. The zero-order chi connectivity index (χ0) is 11.5. The molecule has 1 saturated heterocycles. The molecule has 0 saturated carbocycles. The van der Waals surface area contributed by atoms with E-state index in [1.54, 1.807) is 0 Å². The van der Waals surface area contributed by atoms with Crippen molar-refractivity contribution in [3.8, 4) is 0 Å². The van der Waals surface area contributed by atoms with Gasteiger partial charge in [-0.05, 0) is 33.8 Å². The van der Waals surface area contributed by atoms with Crippen LogP contribution in [0.3, 0.4) is 0 Å². The molecule has 2 heterocycles. The second-order valence-electron chi connectivity index (χ2n) is 3.61. The van der Waals surface area contributed by atoms with E-state index in [9.17, 15) is 9.59 Å². The highest BCUT2D eigenvalue weighted by Gasteiger charge is 2.21. The van der Waals surface area contributed by atoms with Crippen LogP contribution in [0.15, 0.2) is 15.9 Å². The summed E-state index contributed by atoms with van der Waals surface area (Å²) in [6.07, 6.45) is 1.19. The molecule has 1 aliphatic rings. The predicted octanol–water partition coefficient (Wildman–Crippen LogP) is 1.52. The second kappa shape index (κ2) is 4.97. The summed E-state index contributed by atoms with van der Waals surface area (Å²) in [5, 5.41) is 7.51. The van der Waals surface area contributed by atoms with E-state index in [1.807, 2.05) is 11.4 Å². The zero-order valence-electron chi connectivity index (χ0n) is 8.46. The molecule has 1 unspecified atom stereocenters. The quantitative estimate of drug-likeness (QED) is 0.870. The third-order valence-electron chi connectivity index (χ3n) is 2.42. The van der Waals surface area contributed by atoms with Gasteiger partial charge >= 0.3 is 0 Å². The number of piperidine rings is 1. The maximum absolute atomic E-state index is 11.8. The number of hydrogen-bond acceptors (Lipinski definition) is 3. The molecule has 16 heavy (non-hydrogen) atoms. The molecular formula is C10H11BrN2O2S. The predicted molar refractivity (Wildman–Crippen MR) is 65.5 cm³/mol. The van der Waals surface area contributed by atoms with Gasteiger partial charge in [-0.1, -0.05) is 0 Å². The zero-order valence-corrected chi connectivity index (χ0v) is 10.9. The number of amides is 2. The van der Waals surface area contributed by atoms with Crippen LogP contribution in [0.2, 0.25) is 0 Å². The molecule has 1 atom stereocenters. The second-order valence-corrected chi connectivity index (χ2v) is 5.38. The van der Waals surface area contributed by atoms with Crippen molar-refractivity contribution in [2.75, 3.05) is 6.54 Å². The van der Waals surface area contributed by atoms with Gasteiger partial charge < -0.3 is 10.6 Å². The normalized spacial score (nSPS) is 20.3. The van der Waals surface area contributed by atoms with Gasteiger partial charge in [-0.25, -0.2) is 0 Å². The van der Waals surface area contributed by atoms with Crippen molar-refractivity contribution < 1.29 is 9.59 Å². The first-order chi connectivity index (χ1) is 7.66. The Hall–Kier alpha value is -0.880. The van der Waals surface area contributed by atoms with Crippen LogP contribution >= 0.6 is 27.3 Å². The molecule has 1 fully saturated rings. The van der Waals surface area contributed by atoms with Crippen molar-refractivity contribution >= 4 is 39.1 Å². The Bertz CT molecular complexity index is 409. The third-order valence-corrected chi connectivity index (χ3v) is 4.26. The largest absolute Gasteiger partial charge is 0.354 e. The average Bonchev–Trinajstić information content (AvgIpc) is 2.68. The lowest BCUT2D eigenvalue weighted by molar-refractivity contribution is -0.122. The van der Waals surface area contributed by atoms with Crippen molar-refractivity contribution in [3.63, 3.8) is 0 Å². The van der Waals surface area contributed by atoms with Gasteiger partial charge in [0.2, 0.25) is 5.91 Å². The van der Waals surface area contributed by atoms with E-state index >= 15 is 0 Å². The number of halogens is 1. The van der Waals surface area contributed by atoms with Crippen molar-refractivity contribution in [3.05, 3.63) is 20.8 Å². The Morgan fingerprint density at radius 2 is 2.44 bits per heavy atom. The Balaban J connectivity index is 1.93. The van der Waals surface area contributed by atoms with Crippen molar-refractivity contribution in [1.82, 2.24) is 10.6 Å². The molecule has 0 aromatic carbocycles. The summed E-state index contributed by atoms with van der Waals surface area (Å²) < 4.78 is 0.815. The maximum Gasteiger partial charge on any atom is 0.262 e. The van der Waals surface area contributed by atoms with Crippen molar-refractivity contribution in [2.24, 2.45) is 0 Å². The van der Waals surface area contributed by atoms with Gasteiger partial charge in [0.05, 0.1) is 0 Å². The summed E-state index contributed by atoms with van der Waals surface area (Å²) in [5.74, 6) is -0.0224. The minimum atomic E-state index is -0.0805. The lowest BCUT2D eigenvalue weighted by Crippen LogP contribution is -2.47. The summed E-state index contributed by atoms with van der Waals surface area (Å²) in [4.78, 5) is 23.5. The van der Waals surface area contributed by atoms with Gasteiger partial charge in [0.1, 0.15) is 4.88 Å². The number of hydrogen-bond donors (Lipinski definition) is 2. The lowest BCUT2D eigenvalue weighted by Gasteiger charge is -2.23. The van der Waals surface area contributed by atoms with Crippen LogP contribution in [0.5, 0.6) is 0 Å². The highest BCUT2D eigenvalue weighted by Crippen LogP contribution is 2.22. The van der Waals surface area contributed by atoms with E-state index in [-0.39, 0.29) is 17.9 Å². The summed E-state index contributed by atoms with van der Waals surface area (Å²) in [7, 11) is 0. The molecule has 2 amide bonds. The number of thiophene rings is 1. The highest BCUT2D eigenvalue weighted by molar-refractivity contribution is 9.10. The summed E-state index contributed by atoms with van der Waals surface area (Å²) in [6.45, 7) is 0.521. The van der Waals surface area contributed by atoms with E-state index in [4.69, 9.17) is 0 Å². The van der Waals surface area contributed by atoms with Crippen LogP contribution in [0.4, 0.5) is 0 Å². The van der Waals surface area contributed by atoms with Gasteiger partial charge in [-0.2, -0.15) is 0 Å².